The van der Waals surface area contributed by atoms with Crippen LogP contribution in [0.15, 0.2) is 12.2 Å². The Morgan fingerprint density at radius 2 is 2.32 bits per heavy atom. The zero-order valence-corrected chi connectivity index (χ0v) is 14.8. The Morgan fingerprint density at radius 1 is 1.56 bits per heavy atom. The normalized spacial score (nSPS) is 32.8. The minimum atomic E-state index is -1.19. The van der Waals surface area contributed by atoms with Crippen molar-refractivity contribution in [1.82, 2.24) is 5.32 Å². The molecule has 0 spiro atoms. The second-order valence-electron chi connectivity index (χ2n) is 6.81. The highest BCUT2D eigenvalue weighted by Crippen LogP contribution is 2.38. The number of aliphatic hydroxyl groups is 1. The summed E-state index contributed by atoms with van der Waals surface area (Å²) in [4.78, 5) is 34.8. The van der Waals surface area contributed by atoms with Crippen molar-refractivity contribution in [3.05, 3.63) is 12.2 Å². The minimum Gasteiger partial charge on any atom is -0.466 e. The number of nitrogens with one attached hydrogen (secondary N) is 1. The van der Waals surface area contributed by atoms with Crippen LogP contribution in [0.5, 0.6) is 0 Å². The maximum absolute atomic E-state index is 12.4. The molecule has 2 N–H and O–H groups in total. The van der Waals surface area contributed by atoms with E-state index in [4.69, 9.17) is 9.47 Å². The molecular formula is C18H27NO6. The molecule has 25 heavy (non-hydrogen) atoms. The van der Waals surface area contributed by atoms with Gasteiger partial charge in [-0.25, -0.2) is 0 Å². The highest BCUT2D eigenvalue weighted by atomic mass is 16.5. The first-order valence-corrected chi connectivity index (χ1v) is 8.86. The van der Waals surface area contributed by atoms with Crippen LogP contribution in [-0.2, 0) is 23.9 Å². The number of ether oxygens (including phenoxy) is 2. The lowest BCUT2D eigenvalue weighted by molar-refractivity contribution is -0.155. The molecular weight excluding hydrogens is 326 g/mol. The van der Waals surface area contributed by atoms with Gasteiger partial charge in [-0.1, -0.05) is 19.1 Å². The van der Waals surface area contributed by atoms with Crippen LogP contribution in [0.25, 0.3) is 0 Å². The van der Waals surface area contributed by atoms with Gasteiger partial charge in [-0.15, -0.1) is 0 Å². The van der Waals surface area contributed by atoms with Crippen LogP contribution < -0.4 is 5.32 Å². The summed E-state index contributed by atoms with van der Waals surface area (Å²) in [6, 6.07) is -0.704. The van der Waals surface area contributed by atoms with Crippen molar-refractivity contribution in [3.8, 4) is 0 Å². The van der Waals surface area contributed by atoms with E-state index in [-0.39, 0.29) is 37.2 Å². The van der Waals surface area contributed by atoms with Gasteiger partial charge in [0.15, 0.2) is 0 Å². The number of hydrogen-bond acceptors (Lipinski definition) is 6. The molecule has 5 atom stereocenters. The molecule has 0 aromatic heterocycles. The number of rotatable bonds is 8. The van der Waals surface area contributed by atoms with Gasteiger partial charge < -0.3 is 19.9 Å². The summed E-state index contributed by atoms with van der Waals surface area (Å²) >= 11 is 0. The molecule has 2 rings (SSSR count). The Morgan fingerprint density at radius 3 is 2.92 bits per heavy atom. The first-order chi connectivity index (χ1) is 11.9. The molecule has 1 aliphatic carbocycles. The average Bonchev–Trinajstić information content (AvgIpc) is 2.86. The van der Waals surface area contributed by atoms with E-state index in [0.29, 0.717) is 6.47 Å². The molecule has 1 saturated heterocycles. The quantitative estimate of drug-likeness (QED) is 0.385. The molecule has 1 fully saturated rings. The lowest BCUT2D eigenvalue weighted by Crippen LogP contribution is -2.54. The number of carbonyl (C=O) groups is 3. The van der Waals surface area contributed by atoms with E-state index in [1.807, 2.05) is 12.2 Å². The van der Waals surface area contributed by atoms with Crippen LogP contribution in [0.3, 0.4) is 0 Å². The molecule has 140 valence electrons. The predicted octanol–water partition coefficient (Wildman–Crippen LogP) is 1.09. The van der Waals surface area contributed by atoms with E-state index in [2.05, 4.69) is 5.32 Å². The predicted molar refractivity (Wildman–Crippen MR) is 89.3 cm³/mol. The first kappa shape index (κ1) is 19.4. The molecule has 0 aromatic carbocycles. The largest absolute Gasteiger partial charge is 0.466 e. The van der Waals surface area contributed by atoms with Gasteiger partial charge in [0.05, 0.1) is 24.7 Å². The van der Waals surface area contributed by atoms with Crippen molar-refractivity contribution in [2.45, 2.75) is 63.7 Å². The summed E-state index contributed by atoms with van der Waals surface area (Å²) in [6.45, 7) is 3.71. The molecule has 1 amide bonds. The van der Waals surface area contributed by atoms with Crippen molar-refractivity contribution in [1.29, 1.82) is 0 Å². The number of allylic oxidation sites excluding steroid dienone is 1. The van der Waals surface area contributed by atoms with Crippen molar-refractivity contribution in [3.63, 3.8) is 0 Å². The van der Waals surface area contributed by atoms with E-state index < -0.39 is 23.7 Å². The molecule has 7 nitrogen and oxygen atoms in total. The van der Waals surface area contributed by atoms with Gasteiger partial charge in [0.25, 0.3) is 6.47 Å². The Labute approximate surface area is 147 Å². The summed E-state index contributed by atoms with van der Waals surface area (Å²) in [7, 11) is 0. The van der Waals surface area contributed by atoms with Crippen LogP contribution >= 0.6 is 0 Å². The molecule has 7 heteroatoms. The Bertz CT molecular complexity index is 534. The van der Waals surface area contributed by atoms with Crippen molar-refractivity contribution >= 4 is 18.3 Å². The number of esters is 1. The van der Waals surface area contributed by atoms with E-state index in [0.717, 1.165) is 19.3 Å². The number of carbonyl (C=O) groups excluding carboxylic acids is 3. The fraction of sp³-hybridized carbons (Fsp3) is 0.722. The van der Waals surface area contributed by atoms with Crippen LogP contribution in [0.2, 0.25) is 0 Å². The van der Waals surface area contributed by atoms with E-state index in [1.54, 1.807) is 13.8 Å². The molecule has 1 aliphatic heterocycles. The second kappa shape index (κ2) is 8.47. The summed E-state index contributed by atoms with van der Waals surface area (Å²) in [5.41, 5.74) is -1.19. The van der Waals surface area contributed by atoms with Gasteiger partial charge in [-0.05, 0) is 32.6 Å². The number of amides is 1. The topological polar surface area (TPSA) is 102 Å². The fourth-order valence-electron chi connectivity index (χ4n) is 3.74. The summed E-state index contributed by atoms with van der Waals surface area (Å²) in [6.07, 6.45) is 6.38. The molecule has 2 aliphatic rings. The maximum Gasteiger partial charge on any atom is 0.305 e. The molecule has 0 unspecified atom stereocenters. The number of hydrogen-bond donors (Lipinski definition) is 2. The van der Waals surface area contributed by atoms with Crippen LogP contribution in [0, 0.1) is 11.8 Å². The standard InChI is InChI=1S/C18H27NO6/c1-3-14(21)24-10-9-13-17(23)19-16(18(13,2)25-11-20)15(22)12-7-5-4-6-8-12/h5,7,11-13,15-16,22H,3-4,6,8-10H2,1-2H3,(H,19,23)/t12-,13+,15+,16-,18+/m1/s1. The highest BCUT2D eigenvalue weighted by molar-refractivity contribution is 5.84. The Kier molecular flexibility index (Phi) is 6.58. The van der Waals surface area contributed by atoms with Crippen LogP contribution in [0.1, 0.15) is 46.0 Å². The fourth-order valence-corrected chi connectivity index (χ4v) is 3.74. The third kappa shape index (κ3) is 4.21. The van der Waals surface area contributed by atoms with Crippen LogP contribution in [0.4, 0.5) is 0 Å². The van der Waals surface area contributed by atoms with Crippen molar-refractivity contribution in [2.24, 2.45) is 11.8 Å². The van der Waals surface area contributed by atoms with Crippen molar-refractivity contribution < 1.29 is 29.0 Å². The molecule has 1 heterocycles. The molecule has 0 bridgehead atoms. The van der Waals surface area contributed by atoms with Gasteiger partial charge >= 0.3 is 5.97 Å². The molecule has 0 saturated carbocycles. The Balaban J connectivity index is 2.13. The lowest BCUT2D eigenvalue weighted by atomic mass is 9.77. The lowest BCUT2D eigenvalue weighted by Gasteiger charge is -2.37. The zero-order chi connectivity index (χ0) is 18.4. The third-order valence-electron chi connectivity index (χ3n) is 5.26. The van der Waals surface area contributed by atoms with E-state index in [1.165, 1.54) is 0 Å². The van der Waals surface area contributed by atoms with Gasteiger partial charge in [-0.2, -0.15) is 0 Å². The summed E-state index contributed by atoms with van der Waals surface area (Å²) in [5.74, 6) is -1.43. The number of aliphatic hydroxyl groups excluding tert-OH is 1. The maximum atomic E-state index is 12.4. The van der Waals surface area contributed by atoms with Gasteiger partial charge in [-0.3, -0.25) is 14.4 Å². The van der Waals surface area contributed by atoms with E-state index >= 15 is 0 Å². The van der Waals surface area contributed by atoms with Crippen molar-refractivity contribution in [2.75, 3.05) is 6.61 Å². The van der Waals surface area contributed by atoms with Crippen LogP contribution in [-0.4, -0.2) is 47.8 Å². The zero-order valence-electron chi connectivity index (χ0n) is 14.8. The second-order valence-corrected chi connectivity index (χ2v) is 6.81. The SMILES string of the molecule is CCC(=O)OCC[C@H]1C(=O)N[C@H]([C@@H](O)[C@@H]2C=CCCC2)[C@@]1(C)OC=O. The first-order valence-electron chi connectivity index (χ1n) is 8.86. The van der Waals surface area contributed by atoms with Gasteiger partial charge in [0.2, 0.25) is 5.91 Å². The Hall–Kier alpha value is -1.89. The van der Waals surface area contributed by atoms with E-state index in [9.17, 15) is 19.5 Å². The minimum absolute atomic E-state index is 0.0642. The highest BCUT2D eigenvalue weighted by Gasteiger charge is 2.57. The summed E-state index contributed by atoms with van der Waals surface area (Å²) in [5, 5.41) is 13.6. The monoisotopic (exact) mass is 353 g/mol. The molecule has 0 aromatic rings. The average molecular weight is 353 g/mol. The smallest absolute Gasteiger partial charge is 0.305 e. The van der Waals surface area contributed by atoms with Gasteiger partial charge in [0.1, 0.15) is 5.60 Å². The third-order valence-corrected chi connectivity index (χ3v) is 5.26. The van der Waals surface area contributed by atoms with Gasteiger partial charge in [0, 0.05) is 12.3 Å². The summed E-state index contributed by atoms with van der Waals surface area (Å²) < 4.78 is 10.3. The molecule has 0 radical (unpaired) electrons.